The molecule has 38 heavy (non-hydrogen) atoms. The van der Waals surface area contributed by atoms with Crippen molar-refractivity contribution in [2.45, 2.75) is 32.7 Å². The van der Waals surface area contributed by atoms with Crippen molar-refractivity contribution in [3.8, 4) is 11.4 Å². The van der Waals surface area contributed by atoms with Crippen LogP contribution in [0.4, 0.5) is 0 Å². The van der Waals surface area contributed by atoms with Gasteiger partial charge in [-0.3, -0.25) is 14.2 Å². The van der Waals surface area contributed by atoms with E-state index in [2.05, 4.69) is 6.92 Å². The second-order valence-corrected chi connectivity index (χ2v) is 9.35. The monoisotopic (exact) mass is 505 g/mol. The van der Waals surface area contributed by atoms with Crippen LogP contribution in [0.3, 0.4) is 0 Å². The molecular weight excluding hydrogens is 474 g/mol. The van der Waals surface area contributed by atoms with E-state index in [1.54, 1.807) is 17.7 Å². The third kappa shape index (κ3) is 4.54. The smallest absolute Gasteiger partial charge is 0.266 e. The average Bonchev–Trinajstić information content (AvgIpc) is 2.96. The lowest BCUT2D eigenvalue weighted by atomic mass is 10.0. The van der Waals surface area contributed by atoms with Crippen molar-refractivity contribution in [3.63, 3.8) is 0 Å². The highest BCUT2D eigenvalue weighted by atomic mass is 16.5. The molecule has 5 aromatic rings. The SMILES string of the molecule is CCCCN(C(=O)c1cccc2ccccc12)C(C)c1nc2ccccc2c(=O)n1-c1ccccc1OC. The molecule has 1 amide bonds. The van der Waals surface area contributed by atoms with E-state index < -0.39 is 6.04 Å². The summed E-state index contributed by atoms with van der Waals surface area (Å²) in [6.45, 7) is 4.58. The number of fused-ring (bicyclic) bond motifs is 2. The second-order valence-electron chi connectivity index (χ2n) is 9.35. The second kappa shape index (κ2) is 10.9. The van der Waals surface area contributed by atoms with E-state index in [0.717, 1.165) is 23.6 Å². The molecule has 6 nitrogen and oxygen atoms in total. The Morgan fingerprint density at radius 2 is 1.61 bits per heavy atom. The fourth-order valence-corrected chi connectivity index (χ4v) is 4.98. The predicted octanol–water partition coefficient (Wildman–Crippen LogP) is 6.55. The summed E-state index contributed by atoms with van der Waals surface area (Å²) in [7, 11) is 1.58. The fraction of sp³-hybridized carbons (Fsp3) is 0.219. The van der Waals surface area contributed by atoms with Crippen LogP contribution in [0.1, 0.15) is 48.9 Å². The van der Waals surface area contributed by atoms with Crippen molar-refractivity contribution in [3.05, 3.63) is 113 Å². The summed E-state index contributed by atoms with van der Waals surface area (Å²) in [6.07, 6.45) is 1.75. The van der Waals surface area contributed by atoms with Crippen LogP contribution in [0.5, 0.6) is 5.75 Å². The summed E-state index contributed by atoms with van der Waals surface area (Å²) >= 11 is 0. The lowest BCUT2D eigenvalue weighted by Gasteiger charge is -2.31. The lowest BCUT2D eigenvalue weighted by molar-refractivity contribution is 0.0680. The van der Waals surface area contributed by atoms with E-state index in [4.69, 9.17) is 9.72 Å². The molecule has 1 heterocycles. The van der Waals surface area contributed by atoms with Gasteiger partial charge in [-0.2, -0.15) is 0 Å². The molecule has 4 aromatic carbocycles. The summed E-state index contributed by atoms with van der Waals surface area (Å²) < 4.78 is 7.22. The van der Waals surface area contributed by atoms with Gasteiger partial charge in [0.05, 0.1) is 29.7 Å². The van der Waals surface area contributed by atoms with Crippen molar-refractivity contribution >= 4 is 27.6 Å². The van der Waals surface area contributed by atoms with Crippen molar-refractivity contribution < 1.29 is 9.53 Å². The van der Waals surface area contributed by atoms with Gasteiger partial charge in [-0.05, 0) is 54.4 Å². The molecule has 6 heteroatoms. The van der Waals surface area contributed by atoms with Gasteiger partial charge >= 0.3 is 0 Å². The van der Waals surface area contributed by atoms with Gasteiger partial charge in [0.1, 0.15) is 11.6 Å². The molecule has 0 aliphatic rings. The maximum atomic E-state index is 14.2. The van der Waals surface area contributed by atoms with Gasteiger partial charge < -0.3 is 9.64 Å². The summed E-state index contributed by atoms with van der Waals surface area (Å²) in [5.41, 5.74) is 1.62. The number of hydrogen-bond acceptors (Lipinski definition) is 4. The summed E-state index contributed by atoms with van der Waals surface area (Å²) in [5, 5.41) is 2.42. The molecule has 1 unspecified atom stereocenters. The molecule has 0 saturated heterocycles. The Morgan fingerprint density at radius 3 is 2.39 bits per heavy atom. The van der Waals surface area contributed by atoms with E-state index in [1.165, 1.54) is 0 Å². The normalized spacial score (nSPS) is 12.0. The Balaban J connectivity index is 1.72. The Kier molecular flexibility index (Phi) is 7.22. The zero-order valence-electron chi connectivity index (χ0n) is 21.9. The first-order valence-electron chi connectivity index (χ1n) is 13.0. The average molecular weight is 506 g/mol. The van der Waals surface area contributed by atoms with Crippen molar-refractivity contribution in [1.29, 1.82) is 0 Å². The van der Waals surface area contributed by atoms with E-state index >= 15 is 0 Å². The molecule has 1 aromatic heterocycles. The predicted molar refractivity (Wildman–Crippen MR) is 152 cm³/mol. The summed E-state index contributed by atoms with van der Waals surface area (Å²) in [4.78, 5) is 34.9. The number of nitrogens with zero attached hydrogens (tertiary/aromatic N) is 3. The van der Waals surface area contributed by atoms with E-state index in [9.17, 15) is 9.59 Å². The van der Waals surface area contributed by atoms with Gasteiger partial charge in [-0.1, -0.05) is 74.0 Å². The van der Waals surface area contributed by atoms with Gasteiger partial charge in [0.25, 0.3) is 11.5 Å². The molecule has 192 valence electrons. The largest absolute Gasteiger partial charge is 0.495 e. The van der Waals surface area contributed by atoms with Crippen LogP contribution in [0, 0.1) is 0 Å². The fourth-order valence-electron chi connectivity index (χ4n) is 4.98. The molecule has 0 radical (unpaired) electrons. The molecule has 0 bridgehead atoms. The highest BCUT2D eigenvalue weighted by molar-refractivity contribution is 6.07. The third-order valence-electron chi connectivity index (χ3n) is 7.00. The number of amides is 1. The first-order chi connectivity index (χ1) is 18.5. The van der Waals surface area contributed by atoms with Crippen LogP contribution in [0.15, 0.2) is 95.8 Å². The number of aromatic nitrogens is 2. The number of rotatable bonds is 8. The molecule has 0 aliphatic heterocycles. The highest BCUT2D eigenvalue weighted by Gasteiger charge is 2.28. The van der Waals surface area contributed by atoms with Crippen LogP contribution < -0.4 is 10.3 Å². The quantitative estimate of drug-likeness (QED) is 0.240. The van der Waals surface area contributed by atoms with Crippen molar-refractivity contribution in [2.24, 2.45) is 0 Å². The lowest BCUT2D eigenvalue weighted by Crippen LogP contribution is -2.38. The Morgan fingerprint density at radius 1 is 0.921 bits per heavy atom. The first-order valence-corrected chi connectivity index (χ1v) is 13.0. The zero-order chi connectivity index (χ0) is 26.6. The van der Waals surface area contributed by atoms with Gasteiger partial charge in [-0.15, -0.1) is 0 Å². The summed E-state index contributed by atoms with van der Waals surface area (Å²) in [6, 6.07) is 27.9. The maximum absolute atomic E-state index is 14.2. The van der Waals surface area contributed by atoms with Crippen LogP contribution in [0.25, 0.3) is 27.4 Å². The maximum Gasteiger partial charge on any atom is 0.266 e. The van der Waals surface area contributed by atoms with Crippen LogP contribution in [-0.2, 0) is 0 Å². The van der Waals surface area contributed by atoms with E-state index in [1.807, 2.05) is 96.8 Å². The third-order valence-corrected chi connectivity index (χ3v) is 7.00. The van der Waals surface area contributed by atoms with Crippen LogP contribution >= 0.6 is 0 Å². The Labute approximate surface area is 222 Å². The number of benzene rings is 4. The zero-order valence-corrected chi connectivity index (χ0v) is 21.9. The van der Waals surface area contributed by atoms with Crippen LogP contribution in [-0.4, -0.2) is 34.0 Å². The minimum absolute atomic E-state index is 0.0864. The van der Waals surface area contributed by atoms with Gasteiger partial charge in [0, 0.05) is 12.1 Å². The molecule has 0 aliphatic carbocycles. The van der Waals surface area contributed by atoms with Crippen LogP contribution in [0.2, 0.25) is 0 Å². The number of carbonyl (C=O) groups excluding carboxylic acids is 1. The topological polar surface area (TPSA) is 64.4 Å². The Hall–Kier alpha value is -4.45. The molecule has 0 spiro atoms. The number of carbonyl (C=O) groups is 1. The molecule has 0 saturated carbocycles. The number of unbranched alkanes of at least 4 members (excludes halogenated alkanes) is 1. The Bertz CT molecular complexity index is 1670. The molecule has 1 atom stereocenters. The highest BCUT2D eigenvalue weighted by Crippen LogP contribution is 2.30. The van der Waals surface area contributed by atoms with Gasteiger partial charge in [0.2, 0.25) is 0 Å². The number of ether oxygens (including phenoxy) is 1. The summed E-state index contributed by atoms with van der Waals surface area (Å²) in [5.74, 6) is 0.959. The number of hydrogen-bond donors (Lipinski definition) is 0. The molecule has 0 N–H and O–H groups in total. The number of methoxy groups -OCH3 is 1. The molecular formula is C32H31N3O3. The van der Waals surface area contributed by atoms with Crippen molar-refractivity contribution in [2.75, 3.05) is 13.7 Å². The minimum atomic E-state index is -0.491. The minimum Gasteiger partial charge on any atom is -0.495 e. The first kappa shape index (κ1) is 25.2. The molecule has 5 rings (SSSR count). The van der Waals surface area contributed by atoms with E-state index in [0.29, 0.717) is 40.3 Å². The van der Waals surface area contributed by atoms with E-state index in [-0.39, 0.29) is 11.5 Å². The molecule has 0 fully saturated rings. The van der Waals surface area contributed by atoms with Gasteiger partial charge in [0.15, 0.2) is 0 Å². The standard InChI is InChI=1S/C32H31N3O3/c1-4-5-21-34(31(36)25-17-12-14-23-13-6-7-15-24(23)25)22(2)30-33-27-18-9-8-16-26(27)32(37)35(30)28-19-10-11-20-29(28)38-3/h6-20,22H,4-5,21H2,1-3H3. The van der Waals surface area contributed by atoms with Crippen molar-refractivity contribution in [1.82, 2.24) is 14.5 Å². The number of para-hydroxylation sites is 3. The van der Waals surface area contributed by atoms with Gasteiger partial charge in [-0.25, -0.2) is 4.98 Å².